The third kappa shape index (κ3) is 4.32. The molecule has 1 aromatic heterocycles. The summed E-state index contributed by atoms with van der Waals surface area (Å²) in [5.41, 5.74) is 2.41. The van der Waals surface area contributed by atoms with Gasteiger partial charge < -0.3 is 19.2 Å². The summed E-state index contributed by atoms with van der Waals surface area (Å²) < 4.78 is 16.1. The minimum Gasteiger partial charge on any atom is -0.497 e. The number of nitrogens with zero attached hydrogens (tertiary/aromatic N) is 2. The number of H-pyrrole nitrogens is 1. The van der Waals surface area contributed by atoms with Crippen molar-refractivity contribution < 1.29 is 19.0 Å². The second-order valence-electron chi connectivity index (χ2n) is 5.69. The van der Waals surface area contributed by atoms with E-state index in [0.717, 1.165) is 9.99 Å². The highest BCUT2D eigenvalue weighted by Gasteiger charge is 2.12. The van der Waals surface area contributed by atoms with Gasteiger partial charge in [-0.1, -0.05) is 15.9 Å². The summed E-state index contributed by atoms with van der Waals surface area (Å²) in [6, 6.07) is 12.9. The number of halogens is 1. The van der Waals surface area contributed by atoms with Crippen LogP contribution >= 0.6 is 15.9 Å². The van der Waals surface area contributed by atoms with Gasteiger partial charge >= 0.3 is 5.97 Å². The fourth-order valence-corrected chi connectivity index (χ4v) is 2.89. The quantitative estimate of drug-likeness (QED) is 0.459. The van der Waals surface area contributed by atoms with E-state index in [1.54, 1.807) is 37.5 Å². The number of fused-ring (bicyclic) bond motifs is 1. The van der Waals surface area contributed by atoms with Crippen LogP contribution in [0.2, 0.25) is 0 Å². The molecule has 0 spiro atoms. The van der Waals surface area contributed by atoms with Crippen molar-refractivity contribution in [3.05, 3.63) is 52.3 Å². The van der Waals surface area contributed by atoms with E-state index >= 15 is 0 Å². The first-order valence-electron chi connectivity index (χ1n) is 8.19. The number of aromatic nitrogens is 2. The maximum atomic E-state index is 11.4. The molecule has 8 heteroatoms. The van der Waals surface area contributed by atoms with Gasteiger partial charge in [0.15, 0.2) is 6.61 Å². The molecule has 0 saturated carbocycles. The molecule has 0 unspecified atom stereocenters. The molecule has 1 heterocycles. The van der Waals surface area contributed by atoms with E-state index in [2.05, 4.69) is 36.7 Å². The van der Waals surface area contributed by atoms with Crippen molar-refractivity contribution in [1.82, 2.24) is 9.97 Å². The molecule has 28 heavy (non-hydrogen) atoms. The van der Waals surface area contributed by atoms with Crippen molar-refractivity contribution in [2.24, 2.45) is 0 Å². The molecule has 0 fully saturated rings. The molecular weight excluding hydrogens is 426 g/mol. The smallest absolute Gasteiger partial charge is 0.343 e. The Labute approximate surface area is 169 Å². The number of nitriles is 1. The van der Waals surface area contributed by atoms with Crippen molar-refractivity contribution in [3.63, 3.8) is 0 Å². The number of hydrogen-bond acceptors (Lipinski definition) is 6. The molecule has 0 aliphatic carbocycles. The Balaban J connectivity index is 1.99. The maximum absolute atomic E-state index is 11.4. The molecule has 0 amide bonds. The Hall–Kier alpha value is -3.31. The van der Waals surface area contributed by atoms with Crippen LogP contribution in [0.1, 0.15) is 11.4 Å². The minimum atomic E-state index is -0.496. The number of methoxy groups -OCH3 is 2. The van der Waals surface area contributed by atoms with Crippen LogP contribution in [-0.4, -0.2) is 36.8 Å². The zero-order chi connectivity index (χ0) is 20.1. The van der Waals surface area contributed by atoms with E-state index in [1.807, 2.05) is 12.1 Å². The van der Waals surface area contributed by atoms with E-state index in [4.69, 9.17) is 9.47 Å². The molecule has 0 bridgehead atoms. The molecule has 0 radical (unpaired) electrons. The van der Waals surface area contributed by atoms with Crippen LogP contribution in [0.5, 0.6) is 11.5 Å². The summed E-state index contributed by atoms with van der Waals surface area (Å²) in [7, 11) is 2.88. The highest BCUT2D eigenvalue weighted by atomic mass is 79.9. The molecule has 0 atom stereocenters. The number of rotatable bonds is 6. The Morgan fingerprint density at radius 2 is 2.11 bits per heavy atom. The third-order valence-corrected chi connectivity index (χ3v) is 4.40. The van der Waals surface area contributed by atoms with Crippen LogP contribution in [0.3, 0.4) is 0 Å². The lowest BCUT2D eigenvalue weighted by Gasteiger charge is -2.09. The molecule has 7 nitrogen and oxygen atoms in total. The summed E-state index contributed by atoms with van der Waals surface area (Å²) >= 11 is 3.41. The van der Waals surface area contributed by atoms with E-state index < -0.39 is 5.97 Å². The summed E-state index contributed by atoms with van der Waals surface area (Å²) in [5, 5.41) is 9.65. The van der Waals surface area contributed by atoms with Gasteiger partial charge in [-0.3, -0.25) is 0 Å². The molecule has 1 N–H and O–H groups in total. The van der Waals surface area contributed by atoms with Gasteiger partial charge in [0.05, 0.1) is 30.8 Å². The van der Waals surface area contributed by atoms with Crippen LogP contribution in [0.4, 0.5) is 0 Å². The maximum Gasteiger partial charge on any atom is 0.343 e. The third-order valence-electron chi connectivity index (χ3n) is 3.91. The predicted octanol–water partition coefficient (Wildman–Crippen LogP) is 3.95. The molecule has 3 aromatic rings. The van der Waals surface area contributed by atoms with Crippen molar-refractivity contribution in [1.29, 1.82) is 5.26 Å². The lowest BCUT2D eigenvalue weighted by atomic mass is 10.1. The van der Waals surface area contributed by atoms with Gasteiger partial charge in [-0.05, 0) is 36.4 Å². The Morgan fingerprint density at radius 3 is 2.82 bits per heavy atom. The van der Waals surface area contributed by atoms with Gasteiger partial charge in [-0.15, -0.1) is 0 Å². The topological polar surface area (TPSA) is 97.2 Å². The molecule has 0 saturated heterocycles. The number of hydrogen-bond donors (Lipinski definition) is 1. The van der Waals surface area contributed by atoms with Crippen molar-refractivity contribution in [3.8, 4) is 17.6 Å². The number of ether oxygens (including phenoxy) is 3. The van der Waals surface area contributed by atoms with Gasteiger partial charge in [0, 0.05) is 16.1 Å². The highest BCUT2D eigenvalue weighted by molar-refractivity contribution is 9.10. The highest BCUT2D eigenvalue weighted by Crippen LogP contribution is 2.28. The fraction of sp³-hybridized carbons (Fsp3) is 0.150. The van der Waals surface area contributed by atoms with Crippen molar-refractivity contribution >= 4 is 44.6 Å². The molecular formula is C20H16BrN3O4. The summed E-state index contributed by atoms with van der Waals surface area (Å²) in [6.07, 6.45) is 1.65. The average molecular weight is 442 g/mol. The number of benzene rings is 2. The normalized spacial score (nSPS) is 11.1. The van der Waals surface area contributed by atoms with Crippen LogP contribution in [-0.2, 0) is 9.53 Å². The molecule has 3 rings (SSSR count). The van der Waals surface area contributed by atoms with Gasteiger partial charge in [0.2, 0.25) is 0 Å². The predicted molar refractivity (Wildman–Crippen MR) is 108 cm³/mol. The monoisotopic (exact) mass is 441 g/mol. The first-order valence-corrected chi connectivity index (χ1v) is 8.98. The van der Waals surface area contributed by atoms with Gasteiger partial charge in [-0.25, -0.2) is 9.78 Å². The molecule has 142 valence electrons. The van der Waals surface area contributed by atoms with Crippen LogP contribution < -0.4 is 9.47 Å². The SMILES string of the molecule is COC(=O)COc1ccc(Br)cc1/C=C(\C#N)c1nc2ccc(OC)cc2[nH]1. The van der Waals surface area contributed by atoms with E-state index in [1.165, 1.54) is 7.11 Å². The number of esters is 1. The summed E-state index contributed by atoms with van der Waals surface area (Å²) in [5.74, 6) is 1.06. The zero-order valence-electron chi connectivity index (χ0n) is 15.2. The number of imidazole rings is 1. The Kier molecular flexibility index (Phi) is 5.96. The van der Waals surface area contributed by atoms with Crippen LogP contribution in [0, 0.1) is 11.3 Å². The number of nitrogens with one attached hydrogen (secondary N) is 1. The summed E-state index contributed by atoms with van der Waals surface area (Å²) in [6.45, 7) is -0.231. The van der Waals surface area contributed by atoms with Gasteiger partial charge in [-0.2, -0.15) is 5.26 Å². The number of carbonyl (C=O) groups excluding carboxylic acids is 1. The summed E-state index contributed by atoms with van der Waals surface area (Å²) in [4.78, 5) is 19.0. The van der Waals surface area contributed by atoms with Crippen LogP contribution in [0.15, 0.2) is 40.9 Å². The van der Waals surface area contributed by atoms with E-state index in [9.17, 15) is 10.1 Å². The number of allylic oxidation sites excluding steroid dienone is 1. The first-order chi connectivity index (χ1) is 13.5. The van der Waals surface area contributed by atoms with Crippen LogP contribution in [0.25, 0.3) is 22.7 Å². The van der Waals surface area contributed by atoms with E-state index in [-0.39, 0.29) is 6.61 Å². The van der Waals surface area contributed by atoms with Gasteiger partial charge in [0.25, 0.3) is 0 Å². The average Bonchev–Trinajstić information content (AvgIpc) is 3.13. The largest absolute Gasteiger partial charge is 0.497 e. The fourth-order valence-electron chi connectivity index (χ4n) is 2.51. The molecule has 0 aliphatic rings. The van der Waals surface area contributed by atoms with E-state index in [0.29, 0.717) is 34.0 Å². The Bertz CT molecular complexity index is 1100. The zero-order valence-corrected chi connectivity index (χ0v) is 16.7. The Morgan fingerprint density at radius 1 is 1.29 bits per heavy atom. The van der Waals surface area contributed by atoms with Crippen molar-refractivity contribution in [2.45, 2.75) is 0 Å². The standard InChI is InChI=1S/C20H16BrN3O4/c1-26-15-4-5-16-17(9-15)24-20(23-16)13(10-22)7-12-8-14(21)3-6-18(12)28-11-19(25)27-2/h3-9H,11H2,1-2H3,(H,23,24)/b13-7+. The number of aromatic amines is 1. The minimum absolute atomic E-state index is 0.231. The molecule has 2 aromatic carbocycles. The molecule has 0 aliphatic heterocycles. The van der Waals surface area contributed by atoms with Crippen molar-refractivity contribution in [2.75, 3.05) is 20.8 Å². The number of carbonyl (C=O) groups is 1. The second-order valence-corrected chi connectivity index (χ2v) is 6.60. The first kappa shape index (κ1) is 19.5. The lowest BCUT2D eigenvalue weighted by Crippen LogP contribution is -2.13. The second kappa shape index (κ2) is 8.59. The lowest BCUT2D eigenvalue weighted by molar-refractivity contribution is -0.142. The van der Waals surface area contributed by atoms with Gasteiger partial charge in [0.1, 0.15) is 23.4 Å².